The molecule has 1 atom stereocenters. The zero-order valence-electron chi connectivity index (χ0n) is 22.3. The van der Waals surface area contributed by atoms with E-state index in [-0.39, 0.29) is 54.8 Å². The number of piperazine rings is 1. The summed E-state index contributed by atoms with van der Waals surface area (Å²) in [6, 6.07) is 4.44. The number of carbonyl (C=O) groups excluding carboxylic acids is 2. The molecule has 1 aromatic carbocycles. The summed E-state index contributed by atoms with van der Waals surface area (Å²) in [5.41, 5.74) is 4.66. The summed E-state index contributed by atoms with van der Waals surface area (Å²) in [7, 11) is 1.33. The van der Waals surface area contributed by atoms with Crippen molar-refractivity contribution in [2.24, 2.45) is 5.73 Å². The summed E-state index contributed by atoms with van der Waals surface area (Å²) in [6.07, 6.45) is -5.10. The number of alkyl halides is 3. The van der Waals surface area contributed by atoms with Gasteiger partial charge in [0.15, 0.2) is 11.5 Å². The number of methoxy groups -OCH3 is 1. The van der Waals surface area contributed by atoms with E-state index < -0.39 is 35.5 Å². The number of aromatic nitrogens is 2. The molecule has 1 aliphatic heterocycles. The van der Waals surface area contributed by atoms with Crippen LogP contribution in [0.1, 0.15) is 55.7 Å². The Morgan fingerprint density at radius 1 is 1.03 bits per heavy atom. The number of rotatable bonds is 4. The Morgan fingerprint density at radius 2 is 1.67 bits per heavy atom. The Bertz CT molecular complexity index is 1390. The zero-order valence-corrected chi connectivity index (χ0v) is 22.3. The third-order valence-corrected chi connectivity index (χ3v) is 6.05. The number of oxazole rings is 1. The molecule has 4 rings (SSSR count). The molecule has 3 heterocycles. The lowest BCUT2D eigenvalue weighted by molar-refractivity contribution is -0.140. The summed E-state index contributed by atoms with van der Waals surface area (Å²) in [4.78, 5) is 37.1. The minimum atomic E-state index is -4.65. The predicted molar refractivity (Wildman–Crippen MR) is 135 cm³/mol. The molecule has 210 valence electrons. The van der Waals surface area contributed by atoms with E-state index in [9.17, 15) is 22.8 Å². The van der Waals surface area contributed by atoms with Gasteiger partial charge in [-0.2, -0.15) is 13.2 Å². The number of fused-ring (bicyclic) bond motifs is 1. The molecule has 3 aromatic rings. The molecule has 1 fully saturated rings. The highest BCUT2D eigenvalue weighted by atomic mass is 19.4. The first-order valence-electron chi connectivity index (χ1n) is 12.3. The van der Waals surface area contributed by atoms with Gasteiger partial charge in [-0.3, -0.25) is 4.79 Å². The molecule has 13 heteroatoms. The number of carbonyl (C=O) groups is 2. The molecule has 2 aromatic heterocycles. The Morgan fingerprint density at radius 3 is 2.23 bits per heavy atom. The van der Waals surface area contributed by atoms with E-state index in [0.717, 1.165) is 6.07 Å². The van der Waals surface area contributed by atoms with Crippen LogP contribution in [-0.2, 0) is 10.9 Å². The molecule has 1 unspecified atom stereocenters. The number of halogens is 3. The van der Waals surface area contributed by atoms with E-state index >= 15 is 0 Å². The monoisotopic (exact) mass is 549 g/mol. The first-order chi connectivity index (χ1) is 18.2. The van der Waals surface area contributed by atoms with Crippen LogP contribution in [-0.4, -0.2) is 70.7 Å². The minimum absolute atomic E-state index is 0.00504. The summed E-state index contributed by atoms with van der Waals surface area (Å²) in [5, 5.41) is 0.296. The minimum Gasteiger partial charge on any atom is -0.494 e. The number of benzene rings is 1. The molecule has 1 aliphatic rings. The van der Waals surface area contributed by atoms with Crippen molar-refractivity contribution < 1.29 is 36.7 Å². The van der Waals surface area contributed by atoms with Crippen molar-refractivity contribution in [1.82, 2.24) is 19.8 Å². The van der Waals surface area contributed by atoms with Crippen molar-refractivity contribution in [2.75, 3.05) is 33.3 Å². The third kappa shape index (κ3) is 5.92. The highest BCUT2D eigenvalue weighted by Crippen LogP contribution is 2.37. The number of pyridine rings is 1. The fraction of sp³-hybridized carbons (Fsp3) is 0.462. The maximum atomic E-state index is 13.4. The summed E-state index contributed by atoms with van der Waals surface area (Å²) in [6.45, 7) is 8.00. The van der Waals surface area contributed by atoms with Gasteiger partial charge in [-0.05, 0) is 52.0 Å². The van der Waals surface area contributed by atoms with E-state index in [2.05, 4.69) is 9.97 Å². The van der Waals surface area contributed by atoms with Crippen LogP contribution in [0.5, 0.6) is 5.75 Å². The van der Waals surface area contributed by atoms with Crippen molar-refractivity contribution in [1.29, 1.82) is 0 Å². The molecule has 0 saturated carbocycles. The van der Waals surface area contributed by atoms with Crippen LogP contribution in [0.3, 0.4) is 0 Å². The van der Waals surface area contributed by atoms with Gasteiger partial charge in [-0.1, -0.05) is 0 Å². The number of hydrogen-bond donors (Lipinski definition) is 1. The Labute approximate surface area is 222 Å². The SMILES string of the molecule is COc1ccc(-c2nc(C(=O)N3CCN(C(=O)OC(C)(C)C)CC3)c(C(C)N)o2)c2ccc(C(F)(F)F)nc12. The summed E-state index contributed by atoms with van der Waals surface area (Å²) < 4.78 is 56.5. The Balaban J connectivity index is 1.65. The number of hydrogen-bond acceptors (Lipinski definition) is 8. The Hall–Kier alpha value is -3.87. The van der Waals surface area contributed by atoms with Crippen LogP contribution in [0.4, 0.5) is 18.0 Å². The smallest absolute Gasteiger partial charge is 0.433 e. The number of ether oxygens (including phenoxy) is 2. The van der Waals surface area contributed by atoms with Crippen LogP contribution >= 0.6 is 0 Å². The molecule has 10 nitrogen and oxygen atoms in total. The fourth-order valence-corrected chi connectivity index (χ4v) is 4.18. The molecule has 2 amide bonds. The number of nitrogens with two attached hydrogens (primary N) is 1. The van der Waals surface area contributed by atoms with Gasteiger partial charge in [0.25, 0.3) is 5.91 Å². The predicted octanol–water partition coefficient (Wildman–Crippen LogP) is 4.63. The van der Waals surface area contributed by atoms with Crippen LogP contribution in [0.15, 0.2) is 28.7 Å². The average Bonchev–Trinajstić information content (AvgIpc) is 3.31. The van der Waals surface area contributed by atoms with Crippen molar-refractivity contribution >= 4 is 22.9 Å². The Kier molecular flexibility index (Phi) is 7.48. The molecule has 39 heavy (non-hydrogen) atoms. The molecule has 0 bridgehead atoms. The van der Waals surface area contributed by atoms with Crippen LogP contribution in [0.2, 0.25) is 0 Å². The molecule has 0 aliphatic carbocycles. The van der Waals surface area contributed by atoms with Crippen molar-refractivity contribution in [3.63, 3.8) is 0 Å². The first-order valence-corrected chi connectivity index (χ1v) is 12.3. The normalized spacial score (nSPS) is 15.4. The third-order valence-electron chi connectivity index (χ3n) is 6.05. The summed E-state index contributed by atoms with van der Waals surface area (Å²) in [5.74, 6) is -0.157. The topological polar surface area (TPSA) is 124 Å². The van der Waals surface area contributed by atoms with Gasteiger partial charge < -0.3 is 29.4 Å². The van der Waals surface area contributed by atoms with Gasteiger partial charge in [-0.15, -0.1) is 0 Å². The van der Waals surface area contributed by atoms with Gasteiger partial charge in [0.1, 0.15) is 22.6 Å². The lowest BCUT2D eigenvalue weighted by Crippen LogP contribution is -2.51. The van der Waals surface area contributed by atoms with Gasteiger partial charge in [-0.25, -0.2) is 14.8 Å². The number of nitrogens with zero attached hydrogens (tertiary/aromatic N) is 4. The molecular formula is C26H30F3N5O5. The van der Waals surface area contributed by atoms with Crippen molar-refractivity contribution in [3.8, 4) is 17.2 Å². The van der Waals surface area contributed by atoms with Crippen LogP contribution < -0.4 is 10.5 Å². The molecule has 1 saturated heterocycles. The van der Waals surface area contributed by atoms with E-state index in [0.29, 0.717) is 10.9 Å². The second kappa shape index (κ2) is 10.4. The van der Waals surface area contributed by atoms with E-state index in [1.165, 1.54) is 29.0 Å². The van der Waals surface area contributed by atoms with Crippen molar-refractivity contribution in [2.45, 2.75) is 45.5 Å². The second-order valence-electron chi connectivity index (χ2n) is 10.2. The lowest BCUT2D eigenvalue weighted by Gasteiger charge is -2.35. The van der Waals surface area contributed by atoms with Gasteiger partial charge in [0, 0.05) is 37.1 Å². The van der Waals surface area contributed by atoms with Gasteiger partial charge in [0.05, 0.1) is 13.2 Å². The highest BCUT2D eigenvalue weighted by molar-refractivity contribution is 5.98. The summed E-state index contributed by atoms with van der Waals surface area (Å²) >= 11 is 0. The average molecular weight is 550 g/mol. The number of amides is 2. The maximum Gasteiger partial charge on any atom is 0.433 e. The second-order valence-corrected chi connectivity index (χ2v) is 10.2. The van der Waals surface area contributed by atoms with E-state index in [4.69, 9.17) is 19.6 Å². The molecular weight excluding hydrogens is 519 g/mol. The quantitative estimate of drug-likeness (QED) is 0.500. The van der Waals surface area contributed by atoms with E-state index in [1.54, 1.807) is 33.8 Å². The lowest BCUT2D eigenvalue weighted by atomic mass is 10.1. The van der Waals surface area contributed by atoms with E-state index in [1.807, 2.05) is 0 Å². The largest absolute Gasteiger partial charge is 0.494 e. The van der Waals surface area contributed by atoms with Crippen LogP contribution in [0.25, 0.3) is 22.4 Å². The fourth-order valence-electron chi connectivity index (χ4n) is 4.18. The maximum absolute atomic E-state index is 13.4. The standard InChI is InChI=1S/C26H30F3N5O5/c1-14(30)21-20(23(35)33-10-12-34(13-11-33)24(36)39-25(2,3)4)32-22(38-21)16-6-8-17(37-5)19-15(16)7-9-18(31-19)26(27,28)29/h6-9,14H,10-13,30H2,1-5H3. The molecule has 2 N–H and O–H groups in total. The first kappa shape index (κ1) is 28.1. The molecule has 0 spiro atoms. The van der Waals surface area contributed by atoms with Gasteiger partial charge in [0.2, 0.25) is 5.89 Å². The zero-order chi connectivity index (χ0) is 28.7. The van der Waals surface area contributed by atoms with Crippen molar-refractivity contribution in [3.05, 3.63) is 41.4 Å². The molecule has 0 radical (unpaired) electrons. The van der Waals surface area contributed by atoms with Crippen LogP contribution in [0, 0.1) is 0 Å². The highest BCUT2D eigenvalue weighted by Gasteiger charge is 2.34. The van der Waals surface area contributed by atoms with Gasteiger partial charge >= 0.3 is 12.3 Å².